The second-order valence-corrected chi connectivity index (χ2v) is 17.8. The molecule has 1 nitrogen and oxygen atoms in total. The maximum Gasteiger partial charge on any atom is 0.0464 e. The molecule has 0 fully saturated rings. The quantitative estimate of drug-likeness (QED) is 0.0459. The molecule has 0 saturated carbocycles. The van der Waals surface area contributed by atoms with Crippen molar-refractivity contribution in [3.05, 3.63) is 95.1 Å². The minimum Gasteiger partial charge on any atom is -0.355 e. The fraction of sp³-hybridized carbons (Fsp3) is 0.643. The highest BCUT2D eigenvalue weighted by atomic mass is 14.9. The standard InChI is InChI=1S/C56H87N/c1-3-5-7-9-11-13-15-17-19-21-23-25-27-29-31-33-41-49-42-35-36-43-50(49)51(56-52-45-37-39-47-54(52)57-55-48-40-38-46-53(55)56)44-34-32-30-28-26-24-22-20-18-16-14-12-10-8-6-4-2/h35-40,42-43,45-48,57H,3-34,41,44H2,1-2H3. The Kier molecular flexibility index (Phi) is 25.6. The number of fused-ring (bicyclic) bond motifs is 2. The molecule has 1 aliphatic rings. The van der Waals surface area contributed by atoms with Crippen LogP contribution in [-0.2, 0) is 6.42 Å². The Morgan fingerprint density at radius 2 is 0.684 bits per heavy atom. The third-order valence-electron chi connectivity index (χ3n) is 12.9. The normalized spacial score (nSPS) is 12.1. The van der Waals surface area contributed by atoms with E-state index in [0.29, 0.717) is 0 Å². The molecule has 0 saturated heterocycles. The van der Waals surface area contributed by atoms with Crippen molar-refractivity contribution in [2.75, 3.05) is 5.32 Å². The Bertz CT molecular complexity index is 1420. The molecule has 1 N–H and O–H groups in total. The van der Waals surface area contributed by atoms with Crippen LogP contribution in [0.4, 0.5) is 11.4 Å². The number of hydrogen-bond acceptors (Lipinski definition) is 1. The van der Waals surface area contributed by atoms with E-state index in [9.17, 15) is 0 Å². The molecule has 3 aromatic carbocycles. The lowest BCUT2D eigenvalue weighted by atomic mass is 9.82. The number of para-hydroxylation sites is 2. The molecule has 57 heavy (non-hydrogen) atoms. The first-order chi connectivity index (χ1) is 28.3. The van der Waals surface area contributed by atoms with Crippen molar-refractivity contribution in [1.29, 1.82) is 0 Å². The molecule has 0 unspecified atom stereocenters. The largest absolute Gasteiger partial charge is 0.355 e. The zero-order chi connectivity index (χ0) is 39.9. The molecule has 4 rings (SSSR count). The van der Waals surface area contributed by atoms with Gasteiger partial charge in [-0.15, -0.1) is 0 Å². The van der Waals surface area contributed by atoms with Crippen molar-refractivity contribution in [3.8, 4) is 0 Å². The second-order valence-electron chi connectivity index (χ2n) is 17.8. The lowest BCUT2D eigenvalue weighted by Gasteiger charge is -2.28. The highest BCUT2D eigenvalue weighted by Crippen LogP contribution is 2.46. The molecule has 0 bridgehead atoms. The average molecular weight is 774 g/mol. The van der Waals surface area contributed by atoms with E-state index in [2.05, 4.69) is 92.0 Å². The fourth-order valence-corrected chi connectivity index (χ4v) is 9.38. The highest BCUT2D eigenvalue weighted by molar-refractivity contribution is 6.07. The number of allylic oxidation sites excluding steroid dienone is 1. The van der Waals surface area contributed by atoms with Gasteiger partial charge in [-0.3, -0.25) is 0 Å². The molecule has 1 aliphatic heterocycles. The van der Waals surface area contributed by atoms with E-state index in [1.54, 1.807) is 11.1 Å². The van der Waals surface area contributed by atoms with Crippen LogP contribution in [0.25, 0.3) is 11.1 Å². The summed E-state index contributed by atoms with van der Waals surface area (Å²) in [7, 11) is 0. The Morgan fingerprint density at radius 3 is 1.11 bits per heavy atom. The van der Waals surface area contributed by atoms with Crippen LogP contribution in [0, 0.1) is 0 Å². The van der Waals surface area contributed by atoms with Crippen LogP contribution in [0.2, 0.25) is 0 Å². The summed E-state index contributed by atoms with van der Waals surface area (Å²) >= 11 is 0. The van der Waals surface area contributed by atoms with Crippen LogP contribution < -0.4 is 5.32 Å². The van der Waals surface area contributed by atoms with Crippen LogP contribution in [0.1, 0.15) is 248 Å². The first-order valence-corrected chi connectivity index (χ1v) is 25.1. The van der Waals surface area contributed by atoms with Gasteiger partial charge in [0, 0.05) is 22.5 Å². The minimum absolute atomic E-state index is 1.15. The van der Waals surface area contributed by atoms with E-state index in [1.807, 2.05) is 0 Å². The predicted octanol–water partition coefficient (Wildman–Crippen LogP) is 19.2. The van der Waals surface area contributed by atoms with E-state index in [4.69, 9.17) is 0 Å². The van der Waals surface area contributed by atoms with Crippen LogP contribution in [0.15, 0.2) is 72.8 Å². The second kappa shape index (κ2) is 31.2. The summed E-state index contributed by atoms with van der Waals surface area (Å²) in [6.45, 7) is 4.62. The monoisotopic (exact) mass is 774 g/mol. The lowest BCUT2D eigenvalue weighted by molar-refractivity contribution is 0.529. The van der Waals surface area contributed by atoms with Gasteiger partial charge in [0.15, 0.2) is 0 Å². The van der Waals surface area contributed by atoms with Gasteiger partial charge in [0.2, 0.25) is 0 Å². The number of nitrogens with one attached hydrogen (secondary N) is 1. The number of aryl methyl sites for hydroxylation is 1. The average Bonchev–Trinajstić information content (AvgIpc) is 3.24. The topological polar surface area (TPSA) is 12.0 Å². The summed E-state index contributed by atoms with van der Waals surface area (Å²) in [5.74, 6) is 0. The molecule has 0 spiro atoms. The highest BCUT2D eigenvalue weighted by Gasteiger charge is 2.24. The number of unbranched alkanes of at least 4 members (excludes halogenated alkanes) is 30. The fourth-order valence-electron chi connectivity index (χ4n) is 9.38. The lowest BCUT2D eigenvalue weighted by Crippen LogP contribution is -2.08. The molecule has 3 aromatic rings. The summed E-state index contributed by atoms with van der Waals surface area (Å²) in [5, 5.41) is 3.77. The smallest absolute Gasteiger partial charge is 0.0464 e. The van der Waals surface area contributed by atoms with Gasteiger partial charge in [0.1, 0.15) is 0 Å². The Labute approximate surface area is 353 Å². The number of rotatable bonds is 35. The SMILES string of the molecule is CCCCCCCCCCCCCCCCCCC(=C1c2ccccc2Nc2ccccc21)c1ccccc1CCCCCCCCCCCCCCCCCC. The van der Waals surface area contributed by atoms with Crippen molar-refractivity contribution < 1.29 is 0 Å². The van der Waals surface area contributed by atoms with Gasteiger partial charge in [-0.05, 0) is 60.1 Å². The molecular weight excluding hydrogens is 687 g/mol. The van der Waals surface area contributed by atoms with Gasteiger partial charge in [-0.2, -0.15) is 0 Å². The van der Waals surface area contributed by atoms with Gasteiger partial charge >= 0.3 is 0 Å². The van der Waals surface area contributed by atoms with Crippen LogP contribution >= 0.6 is 0 Å². The van der Waals surface area contributed by atoms with Gasteiger partial charge in [0.05, 0.1) is 0 Å². The van der Waals surface area contributed by atoms with E-state index in [-0.39, 0.29) is 0 Å². The molecule has 0 aliphatic carbocycles. The van der Waals surface area contributed by atoms with Gasteiger partial charge in [-0.1, -0.05) is 267 Å². The Balaban J connectivity index is 1.24. The summed E-state index contributed by atoms with van der Waals surface area (Å²) in [5.41, 5.74) is 11.3. The molecule has 0 amide bonds. The van der Waals surface area contributed by atoms with E-state index in [1.165, 1.54) is 246 Å². The maximum atomic E-state index is 3.77. The summed E-state index contributed by atoms with van der Waals surface area (Å²) < 4.78 is 0. The number of benzene rings is 3. The van der Waals surface area contributed by atoms with Crippen molar-refractivity contribution >= 4 is 22.5 Å². The van der Waals surface area contributed by atoms with Gasteiger partial charge in [-0.25, -0.2) is 0 Å². The molecule has 0 atom stereocenters. The third kappa shape index (κ3) is 18.8. The first-order valence-electron chi connectivity index (χ1n) is 25.1. The maximum absolute atomic E-state index is 3.77. The molecule has 0 aromatic heterocycles. The van der Waals surface area contributed by atoms with E-state index in [0.717, 1.165) is 6.42 Å². The molecule has 0 radical (unpaired) electrons. The number of anilines is 2. The third-order valence-corrected chi connectivity index (χ3v) is 12.9. The molecule has 1 heteroatoms. The van der Waals surface area contributed by atoms with Crippen molar-refractivity contribution in [3.63, 3.8) is 0 Å². The summed E-state index contributed by atoms with van der Waals surface area (Å²) in [6, 6.07) is 27.5. The summed E-state index contributed by atoms with van der Waals surface area (Å²) in [4.78, 5) is 0. The van der Waals surface area contributed by atoms with Gasteiger partial charge in [0.25, 0.3) is 0 Å². The number of hydrogen-bond donors (Lipinski definition) is 1. The van der Waals surface area contributed by atoms with Gasteiger partial charge < -0.3 is 5.32 Å². The van der Waals surface area contributed by atoms with Crippen molar-refractivity contribution in [2.24, 2.45) is 0 Å². The minimum atomic E-state index is 1.15. The van der Waals surface area contributed by atoms with E-state index < -0.39 is 0 Å². The Morgan fingerprint density at radius 1 is 0.351 bits per heavy atom. The summed E-state index contributed by atoms with van der Waals surface area (Å²) in [6.07, 6.45) is 47.7. The predicted molar refractivity (Wildman–Crippen MR) is 256 cm³/mol. The van der Waals surface area contributed by atoms with Crippen LogP contribution in [-0.4, -0.2) is 0 Å². The van der Waals surface area contributed by atoms with Crippen LogP contribution in [0.5, 0.6) is 0 Å². The van der Waals surface area contributed by atoms with Crippen molar-refractivity contribution in [2.45, 2.75) is 232 Å². The molecule has 316 valence electrons. The zero-order valence-electron chi connectivity index (χ0n) is 37.5. The zero-order valence-corrected chi connectivity index (χ0v) is 37.5. The van der Waals surface area contributed by atoms with Crippen molar-refractivity contribution in [1.82, 2.24) is 0 Å². The Hall–Kier alpha value is -2.80. The first kappa shape index (κ1) is 46.9. The van der Waals surface area contributed by atoms with Crippen LogP contribution in [0.3, 0.4) is 0 Å². The molecule has 1 heterocycles. The molecular formula is C56H87N. The van der Waals surface area contributed by atoms with E-state index >= 15 is 0 Å².